The van der Waals surface area contributed by atoms with E-state index in [0.717, 1.165) is 0 Å². The Balaban J connectivity index is 1.45. The number of aliphatic hydroxyl groups excluding tert-OH is 1. The van der Waals surface area contributed by atoms with Gasteiger partial charge in [-0.15, -0.1) is 0 Å². The van der Waals surface area contributed by atoms with E-state index in [4.69, 9.17) is 4.74 Å². The third kappa shape index (κ3) is 6.93. The quantitative estimate of drug-likeness (QED) is 0.345. The molecule has 1 unspecified atom stereocenters. The number of carbonyl (C=O) groups excluding carboxylic acids is 1. The SMILES string of the molecule is CCS(=O)(=O)c1ccc(C(CO)NC(=O)c2ccc3c(OCC4CCC(C(F)(F)F)CC4)nc(C)cc3c2)cc1. The van der Waals surface area contributed by atoms with Gasteiger partial charge in [0.2, 0.25) is 5.88 Å². The minimum Gasteiger partial charge on any atom is -0.477 e. The number of benzene rings is 2. The number of nitrogens with zero attached hydrogens (tertiary/aromatic N) is 1. The predicted octanol–water partition coefficient (Wildman–Crippen LogP) is 5.55. The molecule has 40 heavy (non-hydrogen) atoms. The van der Waals surface area contributed by atoms with Gasteiger partial charge in [0.25, 0.3) is 5.91 Å². The molecule has 1 fully saturated rings. The molecule has 2 N–H and O–H groups in total. The van der Waals surface area contributed by atoms with Crippen molar-refractivity contribution in [3.63, 3.8) is 0 Å². The van der Waals surface area contributed by atoms with Crippen LogP contribution < -0.4 is 10.1 Å². The van der Waals surface area contributed by atoms with Crippen molar-refractivity contribution in [1.82, 2.24) is 10.3 Å². The fraction of sp³-hybridized carbons (Fsp3) is 0.448. The van der Waals surface area contributed by atoms with E-state index in [1.54, 1.807) is 44.2 Å². The molecule has 1 atom stereocenters. The van der Waals surface area contributed by atoms with E-state index in [1.807, 2.05) is 6.07 Å². The fourth-order valence-electron chi connectivity index (χ4n) is 5.01. The van der Waals surface area contributed by atoms with Crippen LogP contribution in [0.2, 0.25) is 0 Å². The molecule has 1 saturated carbocycles. The van der Waals surface area contributed by atoms with Crippen molar-refractivity contribution in [2.75, 3.05) is 19.0 Å². The Morgan fingerprint density at radius 3 is 2.38 bits per heavy atom. The van der Waals surface area contributed by atoms with Gasteiger partial charge in [-0.05, 0) is 85.9 Å². The third-order valence-corrected chi connectivity index (χ3v) is 9.21. The first kappa shape index (κ1) is 29.8. The summed E-state index contributed by atoms with van der Waals surface area (Å²) in [6.07, 6.45) is -3.05. The second-order valence-corrected chi connectivity index (χ2v) is 12.5. The Labute approximate surface area is 231 Å². The zero-order valence-electron chi connectivity index (χ0n) is 22.4. The maximum atomic E-state index is 13.1. The number of ether oxygens (including phenoxy) is 1. The van der Waals surface area contributed by atoms with Crippen LogP contribution in [0.4, 0.5) is 13.2 Å². The van der Waals surface area contributed by atoms with Crippen LogP contribution in [0.3, 0.4) is 0 Å². The summed E-state index contributed by atoms with van der Waals surface area (Å²) in [5, 5.41) is 14.1. The van der Waals surface area contributed by atoms with Crippen molar-refractivity contribution >= 4 is 26.5 Å². The molecule has 2 aromatic carbocycles. The first-order valence-corrected chi connectivity index (χ1v) is 14.9. The highest BCUT2D eigenvalue weighted by atomic mass is 32.2. The first-order valence-electron chi connectivity index (χ1n) is 13.3. The highest BCUT2D eigenvalue weighted by Crippen LogP contribution is 2.39. The van der Waals surface area contributed by atoms with Crippen LogP contribution in [-0.2, 0) is 9.84 Å². The van der Waals surface area contributed by atoms with Gasteiger partial charge in [0.15, 0.2) is 9.84 Å². The molecule has 0 aliphatic heterocycles. The summed E-state index contributed by atoms with van der Waals surface area (Å²) >= 11 is 0. The Bertz CT molecular complexity index is 1450. The Morgan fingerprint density at radius 1 is 1.10 bits per heavy atom. The number of nitrogens with one attached hydrogen (secondary N) is 1. The number of aliphatic hydroxyl groups is 1. The van der Waals surface area contributed by atoms with E-state index in [1.165, 1.54) is 12.1 Å². The van der Waals surface area contributed by atoms with Gasteiger partial charge in [-0.25, -0.2) is 13.4 Å². The minimum atomic E-state index is -4.15. The summed E-state index contributed by atoms with van der Waals surface area (Å²) in [6.45, 7) is 3.24. The Hall–Kier alpha value is -3.18. The number of alkyl halides is 3. The van der Waals surface area contributed by atoms with Gasteiger partial charge in [0, 0.05) is 16.6 Å². The number of hydrogen-bond acceptors (Lipinski definition) is 6. The Kier molecular flexibility index (Phi) is 9.04. The van der Waals surface area contributed by atoms with Crippen LogP contribution in [0.1, 0.15) is 60.3 Å². The van der Waals surface area contributed by atoms with E-state index in [0.29, 0.717) is 46.3 Å². The summed E-state index contributed by atoms with van der Waals surface area (Å²) in [5.74, 6) is -1.31. The second-order valence-electron chi connectivity index (χ2n) is 10.3. The van der Waals surface area contributed by atoms with E-state index in [-0.39, 0.29) is 42.6 Å². The van der Waals surface area contributed by atoms with Gasteiger partial charge in [-0.3, -0.25) is 4.79 Å². The summed E-state index contributed by atoms with van der Waals surface area (Å²) in [5.41, 5.74) is 1.57. The topological polar surface area (TPSA) is 106 Å². The number of aromatic nitrogens is 1. The number of hydrogen-bond donors (Lipinski definition) is 2. The standard InChI is InChI=1S/C29H33F3N2O5S/c1-3-40(37,38)24-11-6-20(7-12-24)26(16-35)34-27(36)21-8-13-25-22(15-21)14-18(2)33-28(25)39-17-19-4-9-23(10-5-19)29(30,31)32/h6-8,11-15,19,23,26,35H,3-5,9-10,16-17H2,1-2H3,(H,34,36). The van der Waals surface area contributed by atoms with Gasteiger partial charge < -0.3 is 15.2 Å². The van der Waals surface area contributed by atoms with Gasteiger partial charge >= 0.3 is 6.18 Å². The first-order chi connectivity index (χ1) is 18.9. The molecular weight excluding hydrogens is 545 g/mol. The van der Waals surface area contributed by atoms with Crippen LogP contribution >= 0.6 is 0 Å². The fourth-order valence-corrected chi connectivity index (χ4v) is 5.89. The lowest BCUT2D eigenvalue weighted by Crippen LogP contribution is -2.30. The summed E-state index contributed by atoms with van der Waals surface area (Å²) in [7, 11) is -3.37. The third-order valence-electron chi connectivity index (χ3n) is 7.46. The minimum absolute atomic E-state index is 0.0209. The molecular formula is C29H33F3N2O5S. The molecule has 1 aromatic heterocycles. The second kappa shape index (κ2) is 12.1. The van der Waals surface area contributed by atoms with Gasteiger partial charge in [-0.1, -0.05) is 19.1 Å². The molecule has 1 aliphatic carbocycles. The molecule has 4 rings (SSSR count). The molecule has 11 heteroatoms. The number of fused-ring (bicyclic) bond motifs is 1. The Morgan fingerprint density at radius 2 is 1.77 bits per heavy atom. The molecule has 216 valence electrons. The molecule has 7 nitrogen and oxygen atoms in total. The van der Waals surface area contributed by atoms with Crippen LogP contribution in [0, 0.1) is 18.8 Å². The van der Waals surface area contributed by atoms with Crippen LogP contribution in [0.25, 0.3) is 10.8 Å². The smallest absolute Gasteiger partial charge is 0.391 e. The average Bonchev–Trinajstić information content (AvgIpc) is 2.93. The molecule has 1 amide bonds. The van der Waals surface area contributed by atoms with Crippen molar-refractivity contribution < 1.29 is 36.2 Å². The van der Waals surface area contributed by atoms with Crippen LogP contribution in [0.5, 0.6) is 5.88 Å². The number of halogens is 3. The summed E-state index contributed by atoms with van der Waals surface area (Å²) in [6, 6.07) is 12.1. The van der Waals surface area contributed by atoms with Gasteiger partial charge in [0.1, 0.15) is 0 Å². The van der Waals surface area contributed by atoms with E-state index in [9.17, 15) is 31.5 Å². The lowest BCUT2D eigenvalue weighted by atomic mass is 9.82. The van der Waals surface area contributed by atoms with E-state index >= 15 is 0 Å². The molecule has 1 aliphatic rings. The number of aryl methyl sites for hydroxylation is 1. The average molecular weight is 579 g/mol. The zero-order chi connectivity index (χ0) is 29.1. The van der Waals surface area contributed by atoms with Crippen molar-refractivity contribution in [1.29, 1.82) is 0 Å². The molecule has 1 heterocycles. The highest BCUT2D eigenvalue weighted by Gasteiger charge is 2.41. The number of amides is 1. The van der Waals surface area contributed by atoms with E-state index in [2.05, 4.69) is 10.3 Å². The monoisotopic (exact) mass is 578 g/mol. The van der Waals surface area contributed by atoms with Crippen molar-refractivity contribution in [3.05, 3.63) is 65.4 Å². The molecule has 0 saturated heterocycles. The van der Waals surface area contributed by atoms with Crippen molar-refractivity contribution in [2.24, 2.45) is 11.8 Å². The normalized spacial score (nSPS) is 18.9. The summed E-state index contributed by atoms with van der Waals surface area (Å²) in [4.78, 5) is 17.7. The predicted molar refractivity (Wildman–Crippen MR) is 145 cm³/mol. The lowest BCUT2D eigenvalue weighted by Gasteiger charge is -2.29. The lowest BCUT2D eigenvalue weighted by molar-refractivity contribution is -0.184. The van der Waals surface area contributed by atoms with Crippen molar-refractivity contribution in [3.8, 4) is 5.88 Å². The molecule has 0 spiro atoms. The number of pyridine rings is 1. The molecule has 0 bridgehead atoms. The molecule has 0 radical (unpaired) electrons. The van der Waals surface area contributed by atoms with Gasteiger partial charge in [-0.2, -0.15) is 13.2 Å². The maximum Gasteiger partial charge on any atom is 0.391 e. The summed E-state index contributed by atoms with van der Waals surface area (Å²) < 4.78 is 69.0. The van der Waals surface area contributed by atoms with E-state index < -0.39 is 33.9 Å². The molecule has 3 aromatic rings. The van der Waals surface area contributed by atoms with Crippen molar-refractivity contribution in [2.45, 2.75) is 56.6 Å². The number of carbonyl (C=O) groups is 1. The number of rotatable bonds is 9. The van der Waals surface area contributed by atoms with Crippen LogP contribution in [-0.4, -0.2) is 49.6 Å². The largest absolute Gasteiger partial charge is 0.477 e. The zero-order valence-corrected chi connectivity index (χ0v) is 23.2. The van der Waals surface area contributed by atoms with Crippen LogP contribution in [0.15, 0.2) is 53.4 Å². The maximum absolute atomic E-state index is 13.1. The highest BCUT2D eigenvalue weighted by molar-refractivity contribution is 7.91. The number of sulfone groups is 1. The van der Waals surface area contributed by atoms with Gasteiger partial charge in [0.05, 0.1) is 35.8 Å².